The lowest BCUT2D eigenvalue weighted by Gasteiger charge is -2.14. The molecular formula is C19H14Cl2N2O6S. The Balaban J connectivity index is 1.97. The predicted octanol–water partition coefficient (Wildman–Crippen LogP) is 5.24. The van der Waals surface area contributed by atoms with Crippen LogP contribution >= 0.6 is 35.0 Å². The van der Waals surface area contributed by atoms with Gasteiger partial charge < -0.3 is 9.84 Å². The van der Waals surface area contributed by atoms with Crippen LogP contribution in [0.5, 0.6) is 11.5 Å². The second kappa shape index (κ2) is 8.95. The highest BCUT2D eigenvalue weighted by Gasteiger charge is 2.36. The van der Waals surface area contributed by atoms with Crippen molar-refractivity contribution in [2.45, 2.75) is 13.5 Å². The van der Waals surface area contributed by atoms with E-state index in [1.165, 1.54) is 6.08 Å². The third-order valence-electron chi connectivity index (χ3n) is 4.14. The first-order valence-corrected chi connectivity index (χ1v) is 10.1. The Morgan fingerprint density at radius 2 is 1.93 bits per heavy atom. The van der Waals surface area contributed by atoms with Gasteiger partial charge in [-0.15, -0.1) is 0 Å². The third-order valence-corrected chi connectivity index (χ3v) is 5.75. The first-order valence-electron chi connectivity index (χ1n) is 8.55. The molecule has 0 unspecified atom stereocenters. The number of hydrogen-bond acceptors (Lipinski definition) is 7. The van der Waals surface area contributed by atoms with Crippen molar-refractivity contribution >= 4 is 57.9 Å². The number of nitro groups is 1. The number of phenols is 1. The van der Waals surface area contributed by atoms with E-state index in [1.807, 2.05) is 0 Å². The summed E-state index contributed by atoms with van der Waals surface area (Å²) in [5.41, 5.74) is 0.0692. The van der Waals surface area contributed by atoms with E-state index in [-0.39, 0.29) is 40.8 Å². The minimum atomic E-state index is -0.648. The van der Waals surface area contributed by atoms with Gasteiger partial charge in [0.15, 0.2) is 11.5 Å². The molecule has 1 aliphatic heterocycles. The molecule has 3 rings (SSSR count). The highest BCUT2D eigenvalue weighted by atomic mass is 35.5. The van der Waals surface area contributed by atoms with Gasteiger partial charge in [-0.25, -0.2) is 0 Å². The molecule has 0 radical (unpaired) electrons. The largest absolute Gasteiger partial charge is 0.504 e. The Labute approximate surface area is 185 Å². The quantitative estimate of drug-likeness (QED) is 0.350. The van der Waals surface area contributed by atoms with Crippen LogP contribution in [0.1, 0.15) is 18.1 Å². The molecule has 0 bridgehead atoms. The number of imide groups is 1. The maximum atomic E-state index is 12.8. The van der Waals surface area contributed by atoms with Gasteiger partial charge in [-0.05, 0) is 36.9 Å². The zero-order chi connectivity index (χ0) is 22.0. The lowest BCUT2D eigenvalue weighted by Crippen LogP contribution is -2.27. The summed E-state index contributed by atoms with van der Waals surface area (Å²) in [6.45, 7) is 1.69. The van der Waals surface area contributed by atoms with Crippen molar-refractivity contribution in [3.63, 3.8) is 0 Å². The summed E-state index contributed by atoms with van der Waals surface area (Å²) in [5.74, 6) is -1.10. The van der Waals surface area contributed by atoms with E-state index in [0.717, 1.165) is 17.0 Å². The van der Waals surface area contributed by atoms with E-state index in [4.69, 9.17) is 27.9 Å². The molecule has 2 aromatic rings. The van der Waals surface area contributed by atoms with Crippen LogP contribution in [0, 0.1) is 10.1 Å². The van der Waals surface area contributed by atoms with Gasteiger partial charge in [0.2, 0.25) is 0 Å². The summed E-state index contributed by atoms with van der Waals surface area (Å²) >= 11 is 12.9. The van der Waals surface area contributed by atoms with E-state index < -0.39 is 16.1 Å². The van der Waals surface area contributed by atoms with Crippen LogP contribution in [0.15, 0.2) is 35.2 Å². The molecule has 11 heteroatoms. The molecule has 156 valence electrons. The van der Waals surface area contributed by atoms with Gasteiger partial charge in [-0.2, -0.15) is 0 Å². The van der Waals surface area contributed by atoms with Crippen molar-refractivity contribution in [1.29, 1.82) is 0 Å². The van der Waals surface area contributed by atoms with Crippen molar-refractivity contribution in [3.05, 3.63) is 66.5 Å². The fraction of sp³-hybridized carbons (Fsp3) is 0.158. The molecule has 1 heterocycles. The molecule has 1 saturated heterocycles. The lowest BCUT2D eigenvalue weighted by molar-refractivity contribution is -0.385. The van der Waals surface area contributed by atoms with Crippen LogP contribution in [0.25, 0.3) is 6.08 Å². The molecule has 1 aliphatic rings. The summed E-state index contributed by atoms with van der Waals surface area (Å²) in [5, 5.41) is 21.6. The Morgan fingerprint density at radius 3 is 2.53 bits per heavy atom. The number of carbonyl (C=O) groups is 2. The fourth-order valence-electron chi connectivity index (χ4n) is 2.71. The molecule has 8 nitrogen and oxygen atoms in total. The highest BCUT2D eigenvalue weighted by molar-refractivity contribution is 8.18. The second-order valence-corrected chi connectivity index (χ2v) is 7.85. The number of amides is 2. The fourth-order valence-corrected chi connectivity index (χ4v) is 4.06. The maximum absolute atomic E-state index is 12.8. The number of benzene rings is 2. The number of phenolic OH excluding ortho intramolecular Hbond substituents is 1. The second-order valence-electron chi connectivity index (χ2n) is 6.04. The molecule has 1 N–H and O–H groups in total. The number of non-ortho nitro benzene ring substituents is 1. The molecule has 2 amide bonds. The summed E-state index contributed by atoms with van der Waals surface area (Å²) in [6.07, 6.45) is 1.21. The van der Waals surface area contributed by atoms with Crippen molar-refractivity contribution in [3.8, 4) is 11.5 Å². The van der Waals surface area contributed by atoms with Crippen LogP contribution in [0.2, 0.25) is 10.0 Å². The van der Waals surface area contributed by atoms with E-state index >= 15 is 0 Å². The van der Waals surface area contributed by atoms with Gasteiger partial charge in [0.1, 0.15) is 0 Å². The number of thioether (sulfide) groups is 1. The van der Waals surface area contributed by atoms with Crippen molar-refractivity contribution in [1.82, 2.24) is 4.90 Å². The zero-order valence-corrected chi connectivity index (χ0v) is 17.8. The number of aromatic hydroxyl groups is 1. The monoisotopic (exact) mass is 468 g/mol. The van der Waals surface area contributed by atoms with Gasteiger partial charge in [0, 0.05) is 27.2 Å². The first-order chi connectivity index (χ1) is 14.2. The van der Waals surface area contributed by atoms with Gasteiger partial charge in [-0.1, -0.05) is 29.3 Å². The van der Waals surface area contributed by atoms with Crippen LogP contribution in [0.4, 0.5) is 10.5 Å². The van der Waals surface area contributed by atoms with Gasteiger partial charge in [0.25, 0.3) is 16.8 Å². The average Bonchev–Trinajstić information content (AvgIpc) is 2.94. The topological polar surface area (TPSA) is 110 Å². The lowest BCUT2D eigenvalue weighted by atomic mass is 10.1. The number of hydrogen-bond donors (Lipinski definition) is 1. The van der Waals surface area contributed by atoms with Crippen molar-refractivity contribution in [2.24, 2.45) is 0 Å². The van der Waals surface area contributed by atoms with E-state index in [9.17, 15) is 24.8 Å². The summed E-state index contributed by atoms with van der Waals surface area (Å²) in [6, 6.07) is 7.00. The Kier molecular flexibility index (Phi) is 6.55. The molecule has 0 saturated carbocycles. The normalized spacial score (nSPS) is 15.2. The van der Waals surface area contributed by atoms with Gasteiger partial charge in [-0.3, -0.25) is 24.6 Å². The summed E-state index contributed by atoms with van der Waals surface area (Å²) < 4.78 is 5.22. The minimum absolute atomic E-state index is 0.0126. The standard InChI is InChI=1S/C19H14Cl2N2O6S/c1-2-29-15-8-11(23(27)28)6-10(17(15)24)7-16-18(25)22(19(26)30-16)9-12-13(20)4-3-5-14(12)21/h3-8,24H,2,9H2,1H3/b16-7-. The maximum Gasteiger partial charge on any atom is 0.293 e. The van der Waals surface area contributed by atoms with Crippen molar-refractivity contribution in [2.75, 3.05) is 6.61 Å². The summed E-state index contributed by atoms with van der Waals surface area (Å²) in [7, 11) is 0. The summed E-state index contributed by atoms with van der Waals surface area (Å²) in [4.78, 5) is 36.6. The SMILES string of the molecule is CCOc1cc([N+](=O)[O-])cc(/C=C2\SC(=O)N(Cc3c(Cl)cccc3Cl)C2=O)c1O. The minimum Gasteiger partial charge on any atom is -0.504 e. The average molecular weight is 469 g/mol. The zero-order valence-electron chi connectivity index (χ0n) is 15.4. The molecule has 0 atom stereocenters. The van der Waals surface area contributed by atoms with Crippen LogP contribution in [-0.2, 0) is 11.3 Å². The number of rotatable bonds is 6. The van der Waals surface area contributed by atoms with E-state index in [1.54, 1.807) is 25.1 Å². The van der Waals surface area contributed by atoms with Gasteiger partial charge in [0.05, 0.1) is 29.0 Å². The van der Waals surface area contributed by atoms with Crippen LogP contribution in [-0.4, -0.2) is 32.7 Å². The molecule has 0 spiro atoms. The van der Waals surface area contributed by atoms with Crippen LogP contribution in [0.3, 0.4) is 0 Å². The Bertz CT molecular complexity index is 1070. The Morgan fingerprint density at radius 1 is 1.27 bits per heavy atom. The smallest absolute Gasteiger partial charge is 0.293 e. The number of halogens is 2. The van der Waals surface area contributed by atoms with Crippen molar-refractivity contribution < 1.29 is 24.4 Å². The third kappa shape index (κ3) is 4.38. The van der Waals surface area contributed by atoms with E-state index in [0.29, 0.717) is 27.4 Å². The molecule has 30 heavy (non-hydrogen) atoms. The number of nitro benzene ring substituents is 1. The van der Waals surface area contributed by atoms with Gasteiger partial charge >= 0.3 is 0 Å². The highest BCUT2D eigenvalue weighted by Crippen LogP contribution is 2.40. The molecule has 2 aromatic carbocycles. The number of ether oxygens (including phenoxy) is 1. The molecular weight excluding hydrogens is 455 g/mol. The number of carbonyl (C=O) groups excluding carboxylic acids is 2. The Hall–Kier alpha value is -2.75. The van der Waals surface area contributed by atoms with Crippen LogP contribution < -0.4 is 4.74 Å². The molecule has 1 fully saturated rings. The first kappa shape index (κ1) is 21.9. The van der Waals surface area contributed by atoms with E-state index in [2.05, 4.69) is 0 Å². The molecule has 0 aromatic heterocycles. The predicted molar refractivity (Wildman–Crippen MR) is 114 cm³/mol. The molecule has 0 aliphatic carbocycles. The number of nitrogens with zero attached hydrogens (tertiary/aromatic N) is 2.